The molecule has 1 aromatic carbocycles. The number of nitrogens with one attached hydrogen (secondary N) is 1. The van der Waals surface area contributed by atoms with Crippen LogP contribution in [0, 0.1) is 0 Å². The third-order valence-electron chi connectivity index (χ3n) is 2.10. The molecule has 17 heavy (non-hydrogen) atoms. The van der Waals surface area contributed by atoms with Gasteiger partial charge in [-0.15, -0.1) is 0 Å². The molecule has 4 nitrogen and oxygen atoms in total. The molecule has 1 amide bonds. The van der Waals surface area contributed by atoms with Crippen molar-refractivity contribution in [3.05, 3.63) is 28.8 Å². The minimum Gasteiger partial charge on any atom is -0.399 e. The van der Waals surface area contributed by atoms with Crippen molar-refractivity contribution in [3.63, 3.8) is 0 Å². The summed E-state index contributed by atoms with van der Waals surface area (Å²) in [5.74, 6) is 0.103. The van der Waals surface area contributed by atoms with E-state index in [2.05, 4.69) is 5.32 Å². The van der Waals surface area contributed by atoms with Crippen LogP contribution in [0.2, 0.25) is 5.02 Å². The van der Waals surface area contributed by atoms with E-state index in [1.54, 1.807) is 25.3 Å². The highest BCUT2D eigenvalue weighted by Gasteiger charge is 2.14. The number of hydrogen-bond donors (Lipinski definition) is 2. The number of amides is 1. The first-order valence-corrected chi connectivity index (χ1v) is 7.16. The van der Waals surface area contributed by atoms with Crippen LogP contribution in [0.4, 0.5) is 5.69 Å². The van der Waals surface area contributed by atoms with Crippen LogP contribution in [0.5, 0.6) is 0 Å². The van der Waals surface area contributed by atoms with E-state index >= 15 is 0 Å². The second kappa shape index (κ2) is 6.02. The van der Waals surface area contributed by atoms with Gasteiger partial charge in [-0.2, -0.15) is 0 Å². The van der Waals surface area contributed by atoms with Crippen molar-refractivity contribution in [2.75, 3.05) is 17.7 Å². The van der Waals surface area contributed by atoms with E-state index in [1.807, 2.05) is 0 Å². The fourth-order valence-electron chi connectivity index (χ4n) is 1.41. The maximum Gasteiger partial charge on any atom is 0.253 e. The van der Waals surface area contributed by atoms with Gasteiger partial charge in [-0.25, -0.2) is 0 Å². The van der Waals surface area contributed by atoms with E-state index in [4.69, 9.17) is 17.3 Å². The first kappa shape index (κ1) is 14.0. The minimum absolute atomic E-state index is 0.175. The molecule has 94 valence electrons. The fraction of sp³-hybridized carbons (Fsp3) is 0.364. The summed E-state index contributed by atoms with van der Waals surface area (Å²) in [7, 11) is -0.951. The average molecular weight is 275 g/mol. The molecule has 3 N–H and O–H groups in total. The van der Waals surface area contributed by atoms with Gasteiger partial charge in [0.2, 0.25) is 0 Å². The van der Waals surface area contributed by atoms with Gasteiger partial charge in [0, 0.05) is 34.5 Å². The molecule has 1 rings (SSSR count). The lowest BCUT2D eigenvalue weighted by molar-refractivity contribution is 0.0944. The molecule has 0 spiro atoms. The third kappa shape index (κ3) is 4.36. The summed E-state index contributed by atoms with van der Waals surface area (Å²) in [5.41, 5.74) is 6.40. The van der Waals surface area contributed by atoms with Gasteiger partial charge in [0.1, 0.15) is 0 Å². The third-order valence-corrected chi connectivity index (χ3v) is 3.40. The molecular formula is C11H15ClN2O2S. The van der Waals surface area contributed by atoms with Crippen molar-refractivity contribution < 1.29 is 9.00 Å². The highest BCUT2D eigenvalue weighted by Crippen LogP contribution is 2.18. The number of carbonyl (C=O) groups excluding carboxylic acids is 1. The molecule has 0 heterocycles. The highest BCUT2D eigenvalue weighted by atomic mass is 35.5. The van der Waals surface area contributed by atoms with Crippen LogP contribution in [0.15, 0.2) is 18.2 Å². The zero-order valence-corrected chi connectivity index (χ0v) is 11.3. The Bertz CT molecular complexity index is 451. The molecule has 0 aliphatic carbocycles. The summed E-state index contributed by atoms with van der Waals surface area (Å²) in [6, 6.07) is 4.55. The number of carbonyl (C=O) groups is 1. The van der Waals surface area contributed by atoms with Crippen LogP contribution in [0.3, 0.4) is 0 Å². The van der Waals surface area contributed by atoms with Gasteiger partial charge in [-0.05, 0) is 25.1 Å². The quantitative estimate of drug-likeness (QED) is 0.816. The van der Waals surface area contributed by atoms with Gasteiger partial charge >= 0.3 is 0 Å². The Balaban J connectivity index is 2.76. The second-order valence-corrected chi connectivity index (χ2v) is 5.74. The standard InChI is InChI=1S/C11H15ClN2O2S/c1-7(6-17(2)16)14-11(15)9-5-8(13)3-4-10(9)12/h3-5,7H,6,13H2,1-2H3,(H,14,15). The van der Waals surface area contributed by atoms with Crippen molar-refractivity contribution in [1.29, 1.82) is 0 Å². The van der Waals surface area contributed by atoms with Crippen LogP contribution >= 0.6 is 11.6 Å². The summed E-state index contributed by atoms with van der Waals surface area (Å²) < 4.78 is 11.0. The number of benzene rings is 1. The molecule has 0 aliphatic rings. The molecule has 0 bridgehead atoms. The lowest BCUT2D eigenvalue weighted by Gasteiger charge is -2.13. The number of halogens is 1. The maximum atomic E-state index is 11.9. The number of anilines is 1. The van der Waals surface area contributed by atoms with Gasteiger partial charge in [0.25, 0.3) is 5.91 Å². The lowest BCUT2D eigenvalue weighted by atomic mass is 10.2. The second-order valence-electron chi connectivity index (χ2n) is 3.85. The first-order valence-electron chi connectivity index (χ1n) is 5.06. The topological polar surface area (TPSA) is 72.2 Å². The average Bonchev–Trinajstić information content (AvgIpc) is 2.20. The molecule has 6 heteroatoms. The fourth-order valence-corrected chi connectivity index (χ4v) is 2.40. The molecule has 0 aromatic heterocycles. The van der Waals surface area contributed by atoms with Gasteiger partial charge in [-0.1, -0.05) is 11.6 Å². The normalized spacial score (nSPS) is 14.1. The van der Waals surface area contributed by atoms with Crippen molar-refractivity contribution in [2.24, 2.45) is 0 Å². The predicted octanol–water partition coefficient (Wildman–Crippen LogP) is 1.42. The molecule has 0 aliphatic heterocycles. The SMILES string of the molecule is CC(CS(C)=O)NC(=O)c1cc(N)ccc1Cl. The Hall–Kier alpha value is -1.07. The van der Waals surface area contributed by atoms with Crippen molar-refractivity contribution in [3.8, 4) is 0 Å². The molecule has 2 atom stereocenters. The molecule has 0 saturated heterocycles. The minimum atomic E-state index is -0.951. The molecule has 0 radical (unpaired) electrons. The summed E-state index contributed by atoms with van der Waals surface area (Å²) in [4.78, 5) is 11.9. The van der Waals surface area contributed by atoms with E-state index in [0.29, 0.717) is 22.0 Å². The zero-order valence-electron chi connectivity index (χ0n) is 9.70. The van der Waals surface area contributed by atoms with Gasteiger partial charge < -0.3 is 11.1 Å². The monoisotopic (exact) mass is 274 g/mol. The summed E-state index contributed by atoms with van der Waals surface area (Å²) in [6.45, 7) is 1.79. The van der Waals surface area contributed by atoms with E-state index in [-0.39, 0.29) is 11.9 Å². The molecule has 0 saturated carbocycles. The summed E-state index contributed by atoms with van der Waals surface area (Å²) in [5, 5.41) is 3.07. The van der Waals surface area contributed by atoms with E-state index in [9.17, 15) is 9.00 Å². The molecule has 1 aromatic rings. The van der Waals surface area contributed by atoms with Crippen molar-refractivity contribution in [1.82, 2.24) is 5.32 Å². The first-order chi connectivity index (χ1) is 7.90. The molecule has 0 fully saturated rings. The molecular weight excluding hydrogens is 260 g/mol. The van der Waals surface area contributed by atoms with Crippen LogP contribution in [0.1, 0.15) is 17.3 Å². The van der Waals surface area contributed by atoms with E-state index in [1.165, 1.54) is 6.07 Å². The van der Waals surface area contributed by atoms with E-state index in [0.717, 1.165) is 0 Å². The molecule has 2 unspecified atom stereocenters. The Morgan fingerprint density at radius 2 is 2.24 bits per heavy atom. The van der Waals surface area contributed by atoms with Crippen LogP contribution in [0.25, 0.3) is 0 Å². The van der Waals surface area contributed by atoms with Crippen LogP contribution in [-0.4, -0.2) is 28.2 Å². The number of nitrogens with two attached hydrogens (primary N) is 1. The van der Waals surface area contributed by atoms with Crippen LogP contribution < -0.4 is 11.1 Å². The highest BCUT2D eigenvalue weighted by molar-refractivity contribution is 7.84. The van der Waals surface area contributed by atoms with Gasteiger partial charge in [0.05, 0.1) is 10.6 Å². The smallest absolute Gasteiger partial charge is 0.253 e. The largest absolute Gasteiger partial charge is 0.399 e. The summed E-state index contributed by atoms with van der Waals surface area (Å²) in [6.07, 6.45) is 1.59. The maximum absolute atomic E-state index is 11.9. The van der Waals surface area contributed by atoms with E-state index < -0.39 is 10.8 Å². The van der Waals surface area contributed by atoms with Crippen molar-refractivity contribution in [2.45, 2.75) is 13.0 Å². The Kier molecular flexibility index (Phi) is 4.96. The van der Waals surface area contributed by atoms with Gasteiger partial charge in [0.15, 0.2) is 0 Å². The Morgan fingerprint density at radius 3 is 2.82 bits per heavy atom. The Morgan fingerprint density at radius 1 is 1.59 bits per heavy atom. The lowest BCUT2D eigenvalue weighted by Crippen LogP contribution is -2.36. The Labute approximate surface area is 108 Å². The predicted molar refractivity (Wildman–Crippen MR) is 71.7 cm³/mol. The number of rotatable bonds is 4. The van der Waals surface area contributed by atoms with Gasteiger partial charge in [-0.3, -0.25) is 9.00 Å². The zero-order chi connectivity index (χ0) is 13.0. The number of nitrogen functional groups attached to an aromatic ring is 1. The van der Waals surface area contributed by atoms with Crippen LogP contribution in [-0.2, 0) is 10.8 Å². The van der Waals surface area contributed by atoms with Crippen molar-refractivity contribution >= 4 is 34.0 Å². The number of hydrogen-bond acceptors (Lipinski definition) is 3. The summed E-state index contributed by atoms with van der Waals surface area (Å²) >= 11 is 5.90.